The largest absolute Gasteiger partial charge is 0.423 e. The molecule has 0 atom stereocenters. The molecule has 0 saturated carbocycles. The smallest absolute Gasteiger partial charge is 0.343 e. The van der Waals surface area contributed by atoms with Crippen molar-refractivity contribution in [3.63, 3.8) is 0 Å². The maximum atomic E-state index is 12.3. The second kappa shape index (κ2) is 8.51. The van der Waals surface area contributed by atoms with E-state index in [0.29, 0.717) is 22.6 Å². The summed E-state index contributed by atoms with van der Waals surface area (Å²) in [5.74, 6) is -0.169. The molecule has 0 bridgehead atoms. The van der Waals surface area contributed by atoms with Crippen LogP contribution in [-0.4, -0.2) is 25.5 Å². The molecule has 0 saturated heterocycles. The maximum Gasteiger partial charge on any atom is 0.343 e. The third-order valence-corrected chi connectivity index (χ3v) is 4.81. The molecule has 0 unspecified atom stereocenters. The van der Waals surface area contributed by atoms with E-state index in [0.717, 1.165) is 12.2 Å². The Kier molecular flexibility index (Phi) is 5.88. The second-order valence-corrected chi connectivity index (χ2v) is 6.72. The first-order valence-electron chi connectivity index (χ1n) is 8.54. The van der Waals surface area contributed by atoms with Crippen LogP contribution in [0.1, 0.15) is 27.6 Å². The first-order chi connectivity index (χ1) is 13.1. The van der Waals surface area contributed by atoms with Crippen molar-refractivity contribution in [3.05, 3.63) is 76.5 Å². The van der Waals surface area contributed by atoms with E-state index in [1.54, 1.807) is 47.8 Å². The van der Waals surface area contributed by atoms with Crippen LogP contribution in [0.25, 0.3) is 0 Å². The Bertz CT molecular complexity index is 904. The minimum atomic E-state index is -0.421. The SMILES string of the molecule is CCN(C)c1ccc(C(=O)Oc2ccc(NC(=O)c3ccsc3)cc2)cc1. The number of nitrogens with zero attached hydrogens (tertiary/aromatic N) is 1. The maximum absolute atomic E-state index is 12.3. The average molecular weight is 380 g/mol. The van der Waals surface area contributed by atoms with Crippen molar-refractivity contribution in [2.24, 2.45) is 0 Å². The lowest BCUT2D eigenvalue weighted by molar-refractivity contribution is 0.0734. The Balaban J connectivity index is 1.60. The van der Waals surface area contributed by atoms with E-state index in [1.165, 1.54) is 11.3 Å². The van der Waals surface area contributed by atoms with E-state index in [2.05, 4.69) is 17.1 Å². The summed E-state index contributed by atoms with van der Waals surface area (Å²) in [7, 11) is 1.99. The lowest BCUT2D eigenvalue weighted by Gasteiger charge is -2.16. The fourth-order valence-electron chi connectivity index (χ4n) is 2.40. The van der Waals surface area contributed by atoms with Crippen molar-refractivity contribution in [3.8, 4) is 5.75 Å². The number of carbonyl (C=O) groups excluding carboxylic acids is 2. The predicted molar refractivity (Wildman–Crippen MR) is 109 cm³/mol. The van der Waals surface area contributed by atoms with Crippen LogP contribution < -0.4 is 15.0 Å². The number of nitrogens with one attached hydrogen (secondary N) is 1. The summed E-state index contributed by atoms with van der Waals surface area (Å²) in [6, 6.07) is 15.8. The van der Waals surface area contributed by atoms with Crippen molar-refractivity contribution >= 4 is 34.6 Å². The molecule has 3 rings (SSSR count). The van der Waals surface area contributed by atoms with Gasteiger partial charge in [0.05, 0.1) is 11.1 Å². The third kappa shape index (κ3) is 4.74. The molecule has 1 aromatic heterocycles. The zero-order chi connectivity index (χ0) is 19.2. The Morgan fingerprint density at radius 3 is 2.30 bits per heavy atom. The molecule has 0 radical (unpaired) electrons. The van der Waals surface area contributed by atoms with E-state index in [-0.39, 0.29) is 5.91 Å². The standard InChI is InChI=1S/C21H20N2O3S/c1-3-23(2)18-8-4-15(5-9-18)21(25)26-19-10-6-17(7-11-19)22-20(24)16-12-13-27-14-16/h4-14H,3H2,1-2H3,(H,22,24). The van der Waals surface area contributed by atoms with E-state index in [1.807, 2.05) is 24.6 Å². The van der Waals surface area contributed by atoms with Gasteiger partial charge in [0.25, 0.3) is 5.91 Å². The van der Waals surface area contributed by atoms with E-state index in [9.17, 15) is 9.59 Å². The molecular weight excluding hydrogens is 360 g/mol. The highest BCUT2D eigenvalue weighted by Crippen LogP contribution is 2.19. The Morgan fingerprint density at radius 1 is 1.00 bits per heavy atom. The van der Waals surface area contributed by atoms with Gasteiger partial charge >= 0.3 is 5.97 Å². The van der Waals surface area contributed by atoms with Gasteiger partial charge in [-0.3, -0.25) is 4.79 Å². The number of amides is 1. The Morgan fingerprint density at radius 2 is 1.70 bits per heavy atom. The zero-order valence-electron chi connectivity index (χ0n) is 15.1. The van der Waals surface area contributed by atoms with Gasteiger partial charge in [0.2, 0.25) is 0 Å². The van der Waals surface area contributed by atoms with E-state index >= 15 is 0 Å². The van der Waals surface area contributed by atoms with Gasteiger partial charge in [0.1, 0.15) is 5.75 Å². The predicted octanol–water partition coefficient (Wildman–Crippen LogP) is 4.68. The minimum absolute atomic E-state index is 0.168. The first-order valence-corrected chi connectivity index (χ1v) is 9.48. The summed E-state index contributed by atoms with van der Waals surface area (Å²) in [6.45, 7) is 2.95. The van der Waals surface area contributed by atoms with Crippen LogP contribution >= 0.6 is 11.3 Å². The molecule has 138 valence electrons. The van der Waals surface area contributed by atoms with Crippen molar-refractivity contribution in [2.45, 2.75) is 6.92 Å². The highest BCUT2D eigenvalue weighted by atomic mass is 32.1. The molecule has 3 aromatic rings. The van der Waals surface area contributed by atoms with Gasteiger partial charge in [-0.2, -0.15) is 11.3 Å². The summed E-state index contributed by atoms with van der Waals surface area (Å²) >= 11 is 1.47. The molecule has 0 aliphatic carbocycles. The fraction of sp³-hybridized carbons (Fsp3) is 0.143. The van der Waals surface area contributed by atoms with Gasteiger partial charge < -0.3 is 15.0 Å². The highest BCUT2D eigenvalue weighted by Gasteiger charge is 2.10. The monoisotopic (exact) mass is 380 g/mol. The third-order valence-electron chi connectivity index (χ3n) is 4.12. The number of carbonyl (C=O) groups is 2. The number of rotatable bonds is 6. The van der Waals surface area contributed by atoms with Crippen LogP contribution in [0, 0.1) is 0 Å². The van der Waals surface area contributed by atoms with Crippen molar-refractivity contribution in [1.82, 2.24) is 0 Å². The second-order valence-electron chi connectivity index (χ2n) is 5.94. The number of benzene rings is 2. The number of thiophene rings is 1. The number of hydrogen-bond acceptors (Lipinski definition) is 5. The highest BCUT2D eigenvalue weighted by molar-refractivity contribution is 7.08. The van der Waals surface area contributed by atoms with Gasteiger partial charge in [-0.25, -0.2) is 4.79 Å². The molecule has 0 aliphatic rings. The molecule has 1 amide bonds. The van der Waals surface area contributed by atoms with Crippen molar-refractivity contribution in [1.29, 1.82) is 0 Å². The molecule has 1 N–H and O–H groups in total. The molecule has 0 fully saturated rings. The molecular formula is C21H20N2O3S. The van der Waals surface area contributed by atoms with Gasteiger partial charge in [-0.05, 0) is 66.9 Å². The minimum Gasteiger partial charge on any atom is -0.423 e. The number of anilines is 2. The molecule has 2 aromatic carbocycles. The van der Waals surface area contributed by atoms with E-state index < -0.39 is 5.97 Å². The fourth-order valence-corrected chi connectivity index (χ4v) is 3.04. The van der Waals surface area contributed by atoms with Gasteiger partial charge in [-0.1, -0.05) is 0 Å². The lowest BCUT2D eigenvalue weighted by atomic mass is 10.2. The van der Waals surface area contributed by atoms with Gasteiger partial charge in [0.15, 0.2) is 0 Å². The molecule has 27 heavy (non-hydrogen) atoms. The number of hydrogen-bond donors (Lipinski definition) is 1. The number of esters is 1. The van der Waals surface area contributed by atoms with E-state index in [4.69, 9.17) is 4.74 Å². The quantitative estimate of drug-likeness (QED) is 0.498. The average Bonchev–Trinajstić information content (AvgIpc) is 3.24. The normalized spacial score (nSPS) is 10.3. The summed E-state index contributed by atoms with van der Waals surface area (Å²) in [6.07, 6.45) is 0. The zero-order valence-corrected chi connectivity index (χ0v) is 16.0. The Labute approximate surface area is 162 Å². The summed E-state index contributed by atoms with van der Waals surface area (Å²) in [4.78, 5) is 26.4. The lowest BCUT2D eigenvalue weighted by Crippen LogP contribution is -2.16. The van der Waals surface area contributed by atoms with Crippen LogP contribution in [0.15, 0.2) is 65.4 Å². The molecule has 0 spiro atoms. The van der Waals surface area contributed by atoms with Crippen molar-refractivity contribution < 1.29 is 14.3 Å². The van der Waals surface area contributed by atoms with Gasteiger partial charge in [-0.15, -0.1) is 0 Å². The summed E-state index contributed by atoms with van der Waals surface area (Å²) in [5, 5.41) is 6.44. The van der Waals surface area contributed by atoms with Gasteiger partial charge in [0, 0.05) is 30.3 Å². The van der Waals surface area contributed by atoms with Crippen LogP contribution in [0.5, 0.6) is 5.75 Å². The molecule has 6 heteroatoms. The molecule has 1 heterocycles. The number of ether oxygens (including phenoxy) is 1. The van der Waals surface area contributed by atoms with Crippen LogP contribution in [0.4, 0.5) is 11.4 Å². The summed E-state index contributed by atoms with van der Waals surface area (Å²) in [5.41, 5.74) is 2.78. The van der Waals surface area contributed by atoms with Crippen molar-refractivity contribution in [2.75, 3.05) is 23.8 Å². The van der Waals surface area contributed by atoms with Crippen LogP contribution in [-0.2, 0) is 0 Å². The first kappa shape index (κ1) is 18.7. The molecule has 5 nitrogen and oxygen atoms in total. The Hall–Kier alpha value is -3.12. The molecule has 0 aliphatic heterocycles. The van der Waals surface area contributed by atoms with Crippen LogP contribution in [0.2, 0.25) is 0 Å². The topological polar surface area (TPSA) is 58.6 Å². The summed E-state index contributed by atoms with van der Waals surface area (Å²) < 4.78 is 5.40. The van der Waals surface area contributed by atoms with Crippen LogP contribution in [0.3, 0.4) is 0 Å².